The standard InChI is InChI=1S/C61H47N/c1-4-14-41-23-36-58-55(37-41)54-35-32-49(40-59(54)62(58)51-20-13-19-48(38-51)43-17-9-6-10-18-43)45-26-30-47(31-27-45)60(46-28-24-44(25-29-46)42-15-7-5-8-16-42)50-33-34-53-52-21-11-12-22-56(52)61(2,3)57(53)39-50/h4-40,60H,1-3H3/b14-4+. The molecule has 10 aromatic rings. The fraction of sp³-hybridized carbons (Fsp3) is 0.0820. The largest absolute Gasteiger partial charge is 0.309 e. The summed E-state index contributed by atoms with van der Waals surface area (Å²) in [7, 11) is 0. The first kappa shape index (κ1) is 37.5. The lowest BCUT2D eigenvalue weighted by molar-refractivity contribution is 0.659. The maximum absolute atomic E-state index is 2.49. The van der Waals surface area contributed by atoms with Crippen LogP contribution >= 0.6 is 0 Å². The molecule has 0 N–H and O–H groups in total. The molecule has 0 amide bonds. The van der Waals surface area contributed by atoms with Gasteiger partial charge in [0.05, 0.1) is 11.0 Å². The molecular formula is C61H47N. The molecule has 1 aromatic heterocycles. The Labute approximate surface area is 364 Å². The Kier molecular flexibility index (Phi) is 9.20. The summed E-state index contributed by atoms with van der Waals surface area (Å²) in [6.45, 7) is 6.82. The third kappa shape index (κ3) is 6.41. The average Bonchev–Trinajstić information content (AvgIpc) is 3.77. The van der Waals surface area contributed by atoms with Crippen LogP contribution in [0.2, 0.25) is 0 Å². The molecule has 62 heavy (non-hydrogen) atoms. The average molecular weight is 794 g/mol. The van der Waals surface area contributed by atoms with Gasteiger partial charge < -0.3 is 4.57 Å². The van der Waals surface area contributed by atoms with E-state index in [9.17, 15) is 0 Å². The Morgan fingerprint density at radius 3 is 1.68 bits per heavy atom. The van der Waals surface area contributed by atoms with Gasteiger partial charge in [-0.1, -0.05) is 208 Å². The number of nitrogens with zero attached hydrogens (tertiary/aromatic N) is 1. The van der Waals surface area contributed by atoms with E-state index in [2.05, 4.69) is 250 Å². The van der Waals surface area contributed by atoms with E-state index in [1.807, 2.05) is 0 Å². The minimum absolute atomic E-state index is 0.0620. The molecule has 0 fully saturated rings. The molecule has 1 atom stereocenters. The van der Waals surface area contributed by atoms with Crippen LogP contribution in [0.15, 0.2) is 218 Å². The van der Waals surface area contributed by atoms with E-state index in [1.54, 1.807) is 0 Å². The normalized spacial score (nSPS) is 13.4. The zero-order valence-corrected chi connectivity index (χ0v) is 35.4. The van der Waals surface area contributed by atoms with Crippen molar-refractivity contribution in [3.8, 4) is 50.2 Å². The molecule has 1 nitrogen and oxygen atoms in total. The Morgan fingerprint density at radius 1 is 0.403 bits per heavy atom. The Hall–Kier alpha value is -7.48. The number of rotatable bonds is 8. The van der Waals surface area contributed by atoms with Crippen molar-refractivity contribution in [3.63, 3.8) is 0 Å². The van der Waals surface area contributed by atoms with Crippen LogP contribution in [0.3, 0.4) is 0 Å². The summed E-state index contributed by atoms with van der Waals surface area (Å²) in [6, 6.07) is 78.8. The van der Waals surface area contributed by atoms with Crippen molar-refractivity contribution in [2.24, 2.45) is 0 Å². The first-order valence-corrected chi connectivity index (χ1v) is 21.8. The van der Waals surface area contributed by atoms with Crippen LogP contribution in [0.4, 0.5) is 0 Å². The van der Waals surface area contributed by atoms with Crippen molar-refractivity contribution >= 4 is 27.9 Å². The number of hydrogen-bond acceptors (Lipinski definition) is 0. The third-order valence-electron chi connectivity index (χ3n) is 13.2. The molecule has 1 unspecified atom stereocenters. The first-order valence-electron chi connectivity index (χ1n) is 21.8. The van der Waals surface area contributed by atoms with Gasteiger partial charge in [0, 0.05) is 27.8 Å². The Bertz CT molecular complexity index is 3290. The lowest BCUT2D eigenvalue weighted by Gasteiger charge is -2.25. The summed E-state index contributed by atoms with van der Waals surface area (Å²) in [6.07, 6.45) is 4.29. The second kappa shape index (κ2) is 15.2. The van der Waals surface area contributed by atoms with Gasteiger partial charge in [-0.2, -0.15) is 0 Å². The lowest BCUT2D eigenvalue weighted by atomic mass is 9.79. The van der Waals surface area contributed by atoms with Crippen LogP contribution < -0.4 is 0 Å². The summed E-state index contributed by atoms with van der Waals surface area (Å²) in [5.74, 6) is 0.0620. The minimum Gasteiger partial charge on any atom is -0.309 e. The van der Waals surface area contributed by atoms with Crippen LogP contribution in [-0.2, 0) is 5.41 Å². The second-order valence-electron chi connectivity index (χ2n) is 17.3. The first-order chi connectivity index (χ1) is 30.4. The molecule has 0 saturated heterocycles. The van der Waals surface area contributed by atoms with Crippen LogP contribution in [0, 0.1) is 0 Å². The third-order valence-corrected chi connectivity index (χ3v) is 13.2. The van der Waals surface area contributed by atoms with Gasteiger partial charge >= 0.3 is 0 Å². The van der Waals surface area contributed by atoms with Gasteiger partial charge in [-0.05, 0) is 115 Å². The van der Waals surface area contributed by atoms with Crippen LogP contribution in [0.1, 0.15) is 60.1 Å². The predicted molar refractivity (Wildman–Crippen MR) is 263 cm³/mol. The smallest absolute Gasteiger partial charge is 0.0547 e. The fourth-order valence-electron chi connectivity index (χ4n) is 10.1. The van der Waals surface area contributed by atoms with E-state index in [4.69, 9.17) is 0 Å². The van der Waals surface area contributed by atoms with Gasteiger partial charge in [0.2, 0.25) is 0 Å². The SMILES string of the molecule is C/C=C/c1ccc2c(c1)c1ccc(-c3ccc(C(c4ccc(-c5ccccc5)cc4)c4ccc5c(c4)C(C)(C)c4ccccc4-5)cc3)cc1n2-c1cccc(-c2ccccc2)c1. The molecule has 1 heteroatoms. The molecule has 0 spiro atoms. The molecular weight excluding hydrogens is 747 g/mol. The Balaban J connectivity index is 1.02. The van der Waals surface area contributed by atoms with Crippen molar-refractivity contribution in [2.45, 2.75) is 32.1 Å². The molecule has 11 rings (SSSR count). The number of benzene rings is 9. The van der Waals surface area contributed by atoms with Gasteiger partial charge in [-0.15, -0.1) is 0 Å². The maximum atomic E-state index is 2.49. The summed E-state index contributed by atoms with van der Waals surface area (Å²) in [5.41, 5.74) is 21.3. The van der Waals surface area contributed by atoms with Crippen LogP contribution in [0.5, 0.6) is 0 Å². The van der Waals surface area contributed by atoms with Crippen LogP contribution in [0.25, 0.3) is 78.1 Å². The Morgan fingerprint density at radius 2 is 0.968 bits per heavy atom. The van der Waals surface area contributed by atoms with Gasteiger partial charge in [0.15, 0.2) is 0 Å². The molecule has 1 heterocycles. The zero-order chi connectivity index (χ0) is 41.8. The molecule has 9 aromatic carbocycles. The molecule has 1 aliphatic carbocycles. The molecule has 0 aliphatic heterocycles. The van der Waals surface area contributed by atoms with E-state index in [0.717, 1.165) is 5.69 Å². The van der Waals surface area contributed by atoms with Gasteiger partial charge in [0.1, 0.15) is 0 Å². The van der Waals surface area contributed by atoms with E-state index in [0.29, 0.717) is 0 Å². The summed E-state index contributed by atoms with van der Waals surface area (Å²) < 4.78 is 2.44. The van der Waals surface area contributed by atoms with Gasteiger partial charge in [-0.3, -0.25) is 0 Å². The highest BCUT2D eigenvalue weighted by Gasteiger charge is 2.36. The van der Waals surface area contributed by atoms with Crippen molar-refractivity contribution in [1.29, 1.82) is 0 Å². The topological polar surface area (TPSA) is 4.93 Å². The second-order valence-corrected chi connectivity index (χ2v) is 17.3. The van der Waals surface area contributed by atoms with E-state index >= 15 is 0 Å². The molecule has 0 bridgehead atoms. The molecule has 296 valence electrons. The zero-order valence-electron chi connectivity index (χ0n) is 35.4. The van der Waals surface area contributed by atoms with E-state index < -0.39 is 0 Å². The monoisotopic (exact) mass is 793 g/mol. The van der Waals surface area contributed by atoms with Crippen LogP contribution in [-0.4, -0.2) is 4.57 Å². The molecule has 0 radical (unpaired) electrons. The summed E-state index contributed by atoms with van der Waals surface area (Å²) in [5, 5.41) is 2.50. The van der Waals surface area contributed by atoms with Crippen molar-refractivity contribution in [1.82, 2.24) is 4.57 Å². The highest BCUT2D eigenvalue weighted by Crippen LogP contribution is 2.50. The maximum Gasteiger partial charge on any atom is 0.0547 e. The number of fused-ring (bicyclic) bond motifs is 6. The summed E-state index contributed by atoms with van der Waals surface area (Å²) >= 11 is 0. The van der Waals surface area contributed by atoms with Gasteiger partial charge in [-0.25, -0.2) is 0 Å². The predicted octanol–water partition coefficient (Wildman–Crippen LogP) is 16.3. The molecule has 0 saturated carbocycles. The fourth-order valence-corrected chi connectivity index (χ4v) is 10.1. The van der Waals surface area contributed by atoms with Gasteiger partial charge in [0.25, 0.3) is 0 Å². The number of aromatic nitrogens is 1. The van der Waals surface area contributed by atoms with Crippen molar-refractivity contribution < 1.29 is 0 Å². The van der Waals surface area contributed by atoms with Crippen molar-refractivity contribution in [2.75, 3.05) is 0 Å². The van der Waals surface area contributed by atoms with E-state index in [1.165, 1.54) is 99.7 Å². The van der Waals surface area contributed by atoms with Crippen molar-refractivity contribution in [3.05, 3.63) is 252 Å². The molecule has 1 aliphatic rings. The lowest BCUT2D eigenvalue weighted by Crippen LogP contribution is -2.15. The number of hydrogen-bond donors (Lipinski definition) is 0. The quantitative estimate of drug-likeness (QED) is 0.135. The highest BCUT2D eigenvalue weighted by atomic mass is 15.0. The highest BCUT2D eigenvalue weighted by molar-refractivity contribution is 6.11. The summed E-state index contributed by atoms with van der Waals surface area (Å²) in [4.78, 5) is 0. The number of allylic oxidation sites excluding steroid dienone is 1. The minimum atomic E-state index is -0.0776. The van der Waals surface area contributed by atoms with E-state index in [-0.39, 0.29) is 11.3 Å².